The molecule has 0 fully saturated rings. The Kier molecular flexibility index (Phi) is 11.9. The van der Waals surface area contributed by atoms with E-state index < -0.39 is 0 Å². The molecule has 7 nitrogen and oxygen atoms in total. The zero-order valence-corrected chi connectivity index (χ0v) is 20.8. The third-order valence-corrected chi connectivity index (χ3v) is 5.05. The van der Waals surface area contributed by atoms with Crippen molar-refractivity contribution in [3.63, 3.8) is 0 Å². The summed E-state index contributed by atoms with van der Waals surface area (Å²) in [5.41, 5.74) is 1.01. The van der Waals surface area contributed by atoms with Gasteiger partial charge in [-0.3, -0.25) is 19.5 Å². The van der Waals surface area contributed by atoms with Crippen LogP contribution in [-0.4, -0.2) is 62.1 Å². The van der Waals surface area contributed by atoms with E-state index in [2.05, 4.69) is 29.5 Å². The molecule has 1 aliphatic rings. The Hall–Kier alpha value is -1.68. The fourth-order valence-corrected chi connectivity index (χ4v) is 3.42. The third kappa shape index (κ3) is 7.23. The highest BCUT2D eigenvalue weighted by Gasteiger charge is 2.34. The van der Waals surface area contributed by atoms with Gasteiger partial charge in [0.2, 0.25) is 0 Å². The average molecular weight is 530 g/mol. The van der Waals surface area contributed by atoms with Gasteiger partial charge in [0, 0.05) is 33.3 Å². The summed E-state index contributed by atoms with van der Waals surface area (Å²) in [6, 6.07) is 6.99. The van der Waals surface area contributed by atoms with Crippen molar-refractivity contribution in [3.05, 3.63) is 35.4 Å². The number of hydrogen-bond donors (Lipinski definition) is 2. The van der Waals surface area contributed by atoms with Gasteiger partial charge in [-0.05, 0) is 44.2 Å². The van der Waals surface area contributed by atoms with Crippen LogP contribution in [0.25, 0.3) is 0 Å². The van der Waals surface area contributed by atoms with Gasteiger partial charge in [-0.25, -0.2) is 0 Å². The minimum absolute atomic E-state index is 0. The van der Waals surface area contributed by atoms with Crippen LogP contribution in [0.1, 0.15) is 60.7 Å². The summed E-state index contributed by atoms with van der Waals surface area (Å²) in [4.78, 5) is 30.3. The lowest BCUT2D eigenvalue weighted by atomic mass is 10.0. The minimum Gasteiger partial charge on any atom is -0.378 e. The highest BCUT2D eigenvalue weighted by Crippen LogP contribution is 2.22. The van der Waals surface area contributed by atoms with Crippen molar-refractivity contribution in [1.82, 2.24) is 15.5 Å². The van der Waals surface area contributed by atoms with Crippen LogP contribution in [0, 0.1) is 5.92 Å². The van der Waals surface area contributed by atoms with Crippen LogP contribution in [0.5, 0.6) is 0 Å². The van der Waals surface area contributed by atoms with Crippen LogP contribution in [0.2, 0.25) is 0 Å². The van der Waals surface area contributed by atoms with Crippen molar-refractivity contribution in [3.8, 4) is 0 Å². The molecule has 1 aliphatic heterocycles. The minimum atomic E-state index is -0.190. The zero-order chi connectivity index (χ0) is 21.2. The molecule has 0 spiro atoms. The smallest absolute Gasteiger partial charge is 0.261 e. The van der Waals surface area contributed by atoms with Gasteiger partial charge in [0.25, 0.3) is 11.8 Å². The number of nitrogens with zero attached hydrogens (tertiary/aromatic N) is 2. The van der Waals surface area contributed by atoms with Crippen LogP contribution in [0.3, 0.4) is 0 Å². The quantitative estimate of drug-likeness (QED) is 0.151. The Balaban J connectivity index is 0.00000450. The lowest BCUT2D eigenvalue weighted by Crippen LogP contribution is -2.40. The number of guanidine groups is 1. The Labute approximate surface area is 197 Å². The average Bonchev–Trinajstić information content (AvgIpc) is 2.96. The first kappa shape index (κ1) is 26.4. The maximum Gasteiger partial charge on any atom is 0.261 e. The molecule has 1 aromatic rings. The number of imide groups is 1. The van der Waals surface area contributed by atoms with Gasteiger partial charge >= 0.3 is 0 Å². The third-order valence-electron chi connectivity index (χ3n) is 5.05. The fourth-order valence-electron chi connectivity index (χ4n) is 3.42. The van der Waals surface area contributed by atoms with E-state index in [0.717, 1.165) is 44.9 Å². The van der Waals surface area contributed by atoms with E-state index in [-0.39, 0.29) is 41.9 Å². The van der Waals surface area contributed by atoms with Crippen molar-refractivity contribution in [2.24, 2.45) is 10.9 Å². The zero-order valence-electron chi connectivity index (χ0n) is 18.4. The molecule has 1 unspecified atom stereocenters. The first-order valence-corrected chi connectivity index (χ1v) is 10.5. The Morgan fingerprint density at radius 2 is 1.67 bits per heavy atom. The standard InChI is InChI=1S/C22H34N4O3.HI/c1-5-29-19(16(2)3)12-14-25-22(23-4)24-13-8-9-15-26-20(27)17-10-6-7-11-18(17)21(26)28;/h6-7,10-11,16,19H,5,8-9,12-15H2,1-4H3,(H2,23,24,25);1H. The lowest BCUT2D eigenvalue weighted by molar-refractivity contribution is 0.0258. The number of amides is 2. The van der Waals surface area contributed by atoms with Crippen molar-refractivity contribution in [1.29, 1.82) is 0 Å². The second-order valence-electron chi connectivity index (χ2n) is 7.47. The van der Waals surface area contributed by atoms with E-state index in [1.54, 1.807) is 31.3 Å². The Bertz CT molecular complexity index is 689. The summed E-state index contributed by atoms with van der Waals surface area (Å²) < 4.78 is 5.76. The molecular formula is C22H35IN4O3. The molecule has 0 aromatic heterocycles. The predicted octanol–water partition coefficient (Wildman–Crippen LogP) is 3.30. The number of carbonyl (C=O) groups excluding carboxylic acids is 2. The van der Waals surface area contributed by atoms with E-state index >= 15 is 0 Å². The molecule has 1 aromatic carbocycles. The molecule has 0 aliphatic carbocycles. The maximum absolute atomic E-state index is 12.3. The van der Waals surface area contributed by atoms with E-state index in [4.69, 9.17) is 4.74 Å². The molecule has 2 rings (SSSR count). The molecule has 1 atom stereocenters. The maximum atomic E-state index is 12.3. The molecule has 0 radical (unpaired) electrons. The summed E-state index contributed by atoms with van der Waals surface area (Å²) in [6.07, 6.45) is 2.74. The number of unbranched alkanes of at least 4 members (excludes halogenated alkanes) is 1. The van der Waals surface area contributed by atoms with Gasteiger partial charge in [-0.1, -0.05) is 26.0 Å². The molecule has 168 valence electrons. The molecule has 30 heavy (non-hydrogen) atoms. The Morgan fingerprint density at radius 3 is 2.20 bits per heavy atom. The molecule has 0 saturated carbocycles. The molecular weight excluding hydrogens is 495 g/mol. The predicted molar refractivity (Wildman–Crippen MR) is 131 cm³/mol. The molecule has 1 heterocycles. The van der Waals surface area contributed by atoms with Crippen LogP contribution < -0.4 is 10.6 Å². The SMILES string of the molecule is CCOC(CCNC(=NC)NCCCCN1C(=O)c2ccccc2C1=O)C(C)C.I. The Morgan fingerprint density at radius 1 is 1.07 bits per heavy atom. The molecule has 0 saturated heterocycles. The number of rotatable bonds is 11. The summed E-state index contributed by atoms with van der Waals surface area (Å²) in [7, 11) is 1.75. The summed E-state index contributed by atoms with van der Waals surface area (Å²) in [5.74, 6) is 0.855. The lowest BCUT2D eigenvalue weighted by Gasteiger charge is -2.21. The van der Waals surface area contributed by atoms with Crippen molar-refractivity contribution >= 4 is 41.8 Å². The summed E-state index contributed by atoms with van der Waals surface area (Å²) >= 11 is 0. The topological polar surface area (TPSA) is 83.0 Å². The summed E-state index contributed by atoms with van der Waals surface area (Å²) in [6.45, 7) is 9.03. The van der Waals surface area contributed by atoms with Crippen LogP contribution in [-0.2, 0) is 4.74 Å². The number of hydrogen-bond acceptors (Lipinski definition) is 4. The number of aliphatic imine (C=N–C) groups is 1. The number of fused-ring (bicyclic) bond motifs is 1. The van der Waals surface area contributed by atoms with Gasteiger partial charge in [0.1, 0.15) is 0 Å². The number of benzene rings is 1. The molecule has 2 amide bonds. The second-order valence-corrected chi connectivity index (χ2v) is 7.47. The number of carbonyl (C=O) groups is 2. The van der Waals surface area contributed by atoms with E-state index in [0.29, 0.717) is 23.6 Å². The fraction of sp³-hybridized carbons (Fsp3) is 0.591. The largest absolute Gasteiger partial charge is 0.378 e. The van der Waals surface area contributed by atoms with Gasteiger partial charge in [-0.2, -0.15) is 0 Å². The van der Waals surface area contributed by atoms with Crippen LogP contribution >= 0.6 is 24.0 Å². The highest BCUT2D eigenvalue weighted by atomic mass is 127. The number of ether oxygens (including phenoxy) is 1. The van der Waals surface area contributed by atoms with Crippen LogP contribution in [0.15, 0.2) is 29.3 Å². The van der Waals surface area contributed by atoms with E-state index in [9.17, 15) is 9.59 Å². The number of halogens is 1. The van der Waals surface area contributed by atoms with Gasteiger partial charge in [-0.15, -0.1) is 24.0 Å². The first-order chi connectivity index (χ1) is 14.0. The monoisotopic (exact) mass is 530 g/mol. The molecule has 0 bridgehead atoms. The van der Waals surface area contributed by atoms with E-state index in [1.165, 1.54) is 4.90 Å². The van der Waals surface area contributed by atoms with Gasteiger partial charge in [0.15, 0.2) is 5.96 Å². The second kappa shape index (κ2) is 13.6. The van der Waals surface area contributed by atoms with Crippen LogP contribution in [0.4, 0.5) is 0 Å². The van der Waals surface area contributed by atoms with E-state index in [1.807, 2.05) is 6.92 Å². The van der Waals surface area contributed by atoms with Gasteiger partial charge < -0.3 is 15.4 Å². The summed E-state index contributed by atoms with van der Waals surface area (Å²) in [5, 5.41) is 6.59. The molecule has 2 N–H and O–H groups in total. The van der Waals surface area contributed by atoms with Crippen molar-refractivity contribution in [2.45, 2.75) is 46.1 Å². The van der Waals surface area contributed by atoms with Gasteiger partial charge in [0.05, 0.1) is 17.2 Å². The molecule has 8 heteroatoms. The number of nitrogens with one attached hydrogen (secondary N) is 2. The highest BCUT2D eigenvalue weighted by molar-refractivity contribution is 14.0. The van der Waals surface area contributed by atoms with Crippen molar-refractivity contribution in [2.75, 3.05) is 33.3 Å². The van der Waals surface area contributed by atoms with Crippen molar-refractivity contribution < 1.29 is 14.3 Å². The normalized spacial score (nSPS) is 14.6. The first-order valence-electron chi connectivity index (χ1n) is 10.5.